The molecule has 1 aliphatic heterocycles. The molecule has 0 radical (unpaired) electrons. The minimum atomic E-state index is -3.07. The highest BCUT2D eigenvalue weighted by Crippen LogP contribution is 2.14. The van der Waals surface area contributed by atoms with Gasteiger partial charge in [-0.05, 0) is 19.8 Å². The Balaban J connectivity index is 2.34. The van der Waals surface area contributed by atoms with Crippen LogP contribution in [-0.4, -0.2) is 57.2 Å². The van der Waals surface area contributed by atoms with Gasteiger partial charge in [0, 0.05) is 19.1 Å². The summed E-state index contributed by atoms with van der Waals surface area (Å²) in [5.74, 6) is -0.151. The summed E-state index contributed by atoms with van der Waals surface area (Å²) in [5, 5.41) is 3.07. The van der Waals surface area contributed by atoms with E-state index in [9.17, 15) is 13.2 Å². The summed E-state index contributed by atoms with van der Waals surface area (Å²) in [6.07, 6.45) is 1.46. The average Bonchev–Trinajstić information content (AvgIpc) is 2.36. The van der Waals surface area contributed by atoms with E-state index in [1.165, 1.54) is 11.4 Å². The number of carbonyl (C=O) groups excluding carboxylic acids is 1. The largest absolute Gasteiger partial charge is 0.468 e. The number of hydrogen-bond acceptors (Lipinski definition) is 5. The fourth-order valence-electron chi connectivity index (χ4n) is 1.82. The minimum Gasteiger partial charge on any atom is -0.468 e. The van der Waals surface area contributed by atoms with Gasteiger partial charge in [-0.2, -0.15) is 0 Å². The van der Waals surface area contributed by atoms with E-state index in [-0.39, 0.29) is 24.3 Å². The van der Waals surface area contributed by atoms with Crippen LogP contribution < -0.4 is 5.32 Å². The van der Waals surface area contributed by atoms with E-state index >= 15 is 0 Å². The van der Waals surface area contributed by atoms with Crippen molar-refractivity contribution in [2.75, 3.05) is 32.5 Å². The van der Waals surface area contributed by atoms with Gasteiger partial charge in [0.05, 0.1) is 19.4 Å². The van der Waals surface area contributed by atoms with Crippen molar-refractivity contribution >= 4 is 16.0 Å². The van der Waals surface area contributed by atoms with E-state index in [1.807, 2.05) is 0 Å². The lowest BCUT2D eigenvalue weighted by molar-refractivity contribution is -0.139. The highest BCUT2D eigenvalue weighted by Gasteiger charge is 2.26. The number of esters is 1. The van der Waals surface area contributed by atoms with Crippen molar-refractivity contribution in [2.45, 2.75) is 25.8 Å². The first kappa shape index (κ1) is 14.4. The Morgan fingerprint density at radius 3 is 2.47 bits per heavy atom. The maximum atomic E-state index is 11.6. The topological polar surface area (TPSA) is 75.7 Å². The van der Waals surface area contributed by atoms with Gasteiger partial charge in [-0.25, -0.2) is 12.7 Å². The molecule has 0 spiro atoms. The molecule has 0 unspecified atom stereocenters. The molecule has 7 heteroatoms. The lowest BCUT2D eigenvalue weighted by atomic mass is 10.1. The third kappa shape index (κ3) is 4.25. The van der Waals surface area contributed by atoms with Crippen LogP contribution in [0.1, 0.15) is 19.8 Å². The second-order valence-electron chi connectivity index (χ2n) is 4.03. The van der Waals surface area contributed by atoms with Crippen molar-refractivity contribution in [1.82, 2.24) is 9.62 Å². The zero-order chi connectivity index (χ0) is 12.9. The van der Waals surface area contributed by atoms with E-state index in [1.54, 1.807) is 6.92 Å². The van der Waals surface area contributed by atoms with Gasteiger partial charge in [-0.3, -0.25) is 4.79 Å². The van der Waals surface area contributed by atoms with Gasteiger partial charge in [0.1, 0.15) is 0 Å². The summed E-state index contributed by atoms with van der Waals surface area (Å²) in [5.41, 5.74) is 0. The van der Waals surface area contributed by atoms with Crippen LogP contribution in [0, 0.1) is 0 Å². The smallest absolute Gasteiger partial charge is 0.319 e. The highest BCUT2D eigenvalue weighted by atomic mass is 32.2. The molecule has 0 bridgehead atoms. The Hall–Kier alpha value is -0.660. The zero-order valence-electron chi connectivity index (χ0n) is 10.3. The molecular formula is C10H20N2O4S. The maximum absolute atomic E-state index is 11.6. The number of methoxy groups -OCH3 is 1. The summed E-state index contributed by atoms with van der Waals surface area (Å²) in [6.45, 7) is 2.88. The first-order valence-electron chi connectivity index (χ1n) is 5.77. The van der Waals surface area contributed by atoms with Crippen LogP contribution in [0.2, 0.25) is 0 Å². The summed E-state index contributed by atoms with van der Waals surface area (Å²) in [7, 11) is -1.72. The van der Waals surface area contributed by atoms with E-state index in [2.05, 4.69) is 10.1 Å². The molecule has 0 aromatic heterocycles. The first-order chi connectivity index (χ1) is 7.99. The lowest BCUT2D eigenvalue weighted by Crippen LogP contribution is -2.46. The van der Waals surface area contributed by atoms with E-state index in [0.29, 0.717) is 13.1 Å². The maximum Gasteiger partial charge on any atom is 0.319 e. The Morgan fingerprint density at radius 1 is 1.41 bits per heavy atom. The summed E-state index contributed by atoms with van der Waals surface area (Å²) >= 11 is 0. The van der Waals surface area contributed by atoms with Crippen LogP contribution in [-0.2, 0) is 19.6 Å². The standard InChI is InChI=1S/C10H20N2O4S/c1-3-17(14,15)12-6-4-9(5-7-12)11-8-10(13)16-2/h9,11H,3-8H2,1-2H3. The molecule has 0 aromatic carbocycles. The lowest BCUT2D eigenvalue weighted by Gasteiger charge is -2.31. The fraction of sp³-hybridized carbons (Fsp3) is 0.900. The molecule has 1 saturated heterocycles. The Morgan fingerprint density at radius 2 is 2.00 bits per heavy atom. The molecule has 1 heterocycles. The highest BCUT2D eigenvalue weighted by molar-refractivity contribution is 7.89. The van der Waals surface area contributed by atoms with Gasteiger partial charge >= 0.3 is 5.97 Å². The molecule has 17 heavy (non-hydrogen) atoms. The molecule has 1 fully saturated rings. The van der Waals surface area contributed by atoms with Crippen LogP contribution in [0.5, 0.6) is 0 Å². The predicted molar refractivity (Wildman–Crippen MR) is 64.1 cm³/mol. The van der Waals surface area contributed by atoms with E-state index in [4.69, 9.17) is 0 Å². The molecule has 0 atom stereocenters. The van der Waals surface area contributed by atoms with Crippen molar-refractivity contribution in [3.63, 3.8) is 0 Å². The van der Waals surface area contributed by atoms with E-state index in [0.717, 1.165) is 12.8 Å². The summed E-state index contributed by atoms with van der Waals surface area (Å²) in [6, 6.07) is 0.192. The molecule has 0 saturated carbocycles. The number of sulfonamides is 1. The van der Waals surface area contributed by atoms with Gasteiger partial charge < -0.3 is 10.1 Å². The number of ether oxygens (including phenoxy) is 1. The average molecular weight is 264 g/mol. The molecule has 6 nitrogen and oxygen atoms in total. The quantitative estimate of drug-likeness (QED) is 0.682. The zero-order valence-corrected chi connectivity index (χ0v) is 11.1. The van der Waals surface area contributed by atoms with Crippen molar-refractivity contribution in [3.05, 3.63) is 0 Å². The Labute approximate surface area is 102 Å². The number of hydrogen-bond donors (Lipinski definition) is 1. The third-order valence-electron chi connectivity index (χ3n) is 2.97. The van der Waals surface area contributed by atoms with Crippen LogP contribution in [0.3, 0.4) is 0 Å². The van der Waals surface area contributed by atoms with Gasteiger partial charge in [0.25, 0.3) is 0 Å². The molecule has 0 aliphatic carbocycles. The monoisotopic (exact) mass is 264 g/mol. The Kier molecular flexibility index (Phi) is 5.35. The molecule has 0 amide bonds. The van der Waals surface area contributed by atoms with Crippen molar-refractivity contribution in [2.24, 2.45) is 0 Å². The SMILES string of the molecule is CCS(=O)(=O)N1CCC(NCC(=O)OC)CC1. The number of piperidine rings is 1. The molecule has 0 aromatic rings. The van der Waals surface area contributed by atoms with Crippen LogP contribution in [0.4, 0.5) is 0 Å². The molecule has 100 valence electrons. The number of carbonyl (C=O) groups is 1. The normalized spacial score (nSPS) is 19.2. The third-order valence-corrected chi connectivity index (χ3v) is 4.86. The molecule has 1 aliphatic rings. The van der Waals surface area contributed by atoms with Crippen molar-refractivity contribution in [3.8, 4) is 0 Å². The van der Waals surface area contributed by atoms with Gasteiger partial charge in [0.15, 0.2) is 0 Å². The first-order valence-corrected chi connectivity index (χ1v) is 7.38. The molecule has 1 N–H and O–H groups in total. The Bertz CT molecular complexity index is 347. The summed E-state index contributed by atoms with van der Waals surface area (Å²) < 4.78 is 29.3. The second-order valence-corrected chi connectivity index (χ2v) is 6.29. The fourth-order valence-corrected chi connectivity index (χ4v) is 2.95. The van der Waals surface area contributed by atoms with Crippen molar-refractivity contribution in [1.29, 1.82) is 0 Å². The summed E-state index contributed by atoms with van der Waals surface area (Å²) in [4.78, 5) is 10.9. The molecular weight excluding hydrogens is 244 g/mol. The number of nitrogens with zero attached hydrogens (tertiary/aromatic N) is 1. The van der Waals surface area contributed by atoms with Gasteiger partial charge in [-0.15, -0.1) is 0 Å². The van der Waals surface area contributed by atoms with Crippen LogP contribution in [0.25, 0.3) is 0 Å². The number of rotatable bonds is 5. The van der Waals surface area contributed by atoms with Crippen LogP contribution >= 0.6 is 0 Å². The second kappa shape index (κ2) is 6.32. The number of nitrogens with one attached hydrogen (secondary N) is 1. The van der Waals surface area contributed by atoms with E-state index < -0.39 is 10.0 Å². The minimum absolute atomic E-state index is 0.146. The van der Waals surface area contributed by atoms with Crippen molar-refractivity contribution < 1.29 is 17.9 Å². The molecule has 1 rings (SSSR count). The van der Waals surface area contributed by atoms with Gasteiger partial charge in [-0.1, -0.05) is 0 Å². The predicted octanol–water partition coefficient (Wildman–Crippen LogP) is -0.437. The van der Waals surface area contributed by atoms with Crippen LogP contribution in [0.15, 0.2) is 0 Å². The van der Waals surface area contributed by atoms with Gasteiger partial charge in [0.2, 0.25) is 10.0 Å².